The van der Waals surface area contributed by atoms with Crippen molar-refractivity contribution < 1.29 is 13.9 Å². The second-order valence-electron chi connectivity index (χ2n) is 4.67. The lowest BCUT2D eigenvalue weighted by Gasteiger charge is -2.34. The summed E-state index contributed by atoms with van der Waals surface area (Å²) in [4.78, 5) is 16.5. The number of nitrogens with zero attached hydrogens (tertiary/aromatic N) is 2. The van der Waals surface area contributed by atoms with Crippen molar-refractivity contribution in [3.63, 3.8) is 0 Å². The van der Waals surface area contributed by atoms with Gasteiger partial charge in [-0.05, 0) is 18.2 Å². The molecule has 1 fully saturated rings. The van der Waals surface area contributed by atoms with Crippen LogP contribution in [0.3, 0.4) is 0 Å². The first-order chi connectivity index (χ1) is 9.65. The number of hydrogen-bond donors (Lipinski definition) is 0. The third-order valence-electron chi connectivity index (χ3n) is 3.46. The minimum atomic E-state index is -0.453. The molecule has 4 nitrogen and oxygen atoms in total. The smallest absolute Gasteiger partial charge is 0.254 e. The molecule has 0 N–H and O–H groups in total. The summed E-state index contributed by atoms with van der Waals surface area (Å²) >= 11 is 3.42. The average molecular weight is 345 g/mol. The number of benzene rings is 1. The number of carbonyl (C=O) groups is 1. The van der Waals surface area contributed by atoms with Crippen LogP contribution in [0.4, 0.5) is 4.39 Å². The molecule has 0 spiro atoms. The van der Waals surface area contributed by atoms with Crippen LogP contribution in [0.25, 0.3) is 0 Å². The van der Waals surface area contributed by atoms with Crippen LogP contribution in [0.1, 0.15) is 10.4 Å². The molecule has 0 saturated carbocycles. The van der Waals surface area contributed by atoms with E-state index in [9.17, 15) is 9.18 Å². The molecule has 110 valence electrons. The maximum absolute atomic E-state index is 13.4. The number of halogens is 2. The predicted molar refractivity (Wildman–Crippen MR) is 79.1 cm³/mol. The SMILES string of the molecule is COc1cc(C(=O)N2CCN(CCBr)CC2)ccc1F. The van der Waals surface area contributed by atoms with E-state index >= 15 is 0 Å². The lowest BCUT2D eigenvalue weighted by atomic mass is 10.1. The molecule has 0 aromatic heterocycles. The molecule has 1 amide bonds. The molecule has 1 aromatic rings. The maximum atomic E-state index is 13.4. The number of alkyl halides is 1. The number of methoxy groups -OCH3 is 1. The van der Waals surface area contributed by atoms with Crippen molar-refractivity contribution in [2.45, 2.75) is 0 Å². The lowest BCUT2D eigenvalue weighted by molar-refractivity contribution is 0.0644. The first kappa shape index (κ1) is 15.3. The summed E-state index contributed by atoms with van der Waals surface area (Å²) in [6.45, 7) is 4.13. The highest BCUT2D eigenvalue weighted by Crippen LogP contribution is 2.19. The Bertz CT molecular complexity index is 476. The highest BCUT2D eigenvalue weighted by molar-refractivity contribution is 9.09. The van der Waals surface area contributed by atoms with Crippen LogP contribution in [-0.2, 0) is 0 Å². The van der Waals surface area contributed by atoms with E-state index in [1.165, 1.54) is 25.3 Å². The van der Waals surface area contributed by atoms with Crippen molar-refractivity contribution in [1.82, 2.24) is 9.80 Å². The van der Waals surface area contributed by atoms with Crippen molar-refractivity contribution in [3.05, 3.63) is 29.6 Å². The van der Waals surface area contributed by atoms with E-state index < -0.39 is 5.82 Å². The third-order valence-corrected chi connectivity index (χ3v) is 3.81. The molecule has 1 heterocycles. The minimum Gasteiger partial charge on any atom is -0.494 e. The Labute approximate surface area is 126 Å². The van der Waals surface area contributed by atoms with E-state index in [1.807, 2.05) is 0 Å². The monoisotopic (exact) mass is 344 g/mol. The molecule has 0 aliphatic carbocycles. The number of amides is 1. The van der Waals surface area contributed by atoms with Crippen molar-refractivity contribution in [3.8, 4) is 5.75 Å². The molecule has 6 heteroatoms. The van der Waals surface area contributed by atoms with Crippen LogP contribution in [0, 0.1) is 5.82 Å². The summed E-state index contributed by atoms with van der Waals surface area (Å²) in [5.74, 6) is -0.415. The molecule has 0 radical (unpaired) electrons. The molecule has 0 atom stereocenters. The number of carbonyl (C=O) groups excluding carboxylic acids is 1. The topological polar surface area (TPSA) is 32.8 Å². The maximum Gasteiger partial charge on any atom is 0.254 e. The van der Waals surface area contributed by atoms with Gasteiger partial charge in [-0.1, -0.05) is 15.9 Å². The van der Waals surface area contributed by atoms with E-state index in [-0.39, 0.29) is 11.7 Å². The Morgan fingerprint density at radius 2 is 2.05 bits per heavy atom. The number of piperazine rings is 1. The van der Waals surface area contributed by atoms with E-state index in [0.29, 0.717) is 18.7 Å². The van der Waals surface area contributed by atoms with Gasteiger partial charge in [-0.2, -0.15) is 0 Å². The molecule has 1 aromatic carbocycles. The summed E-state index contributed by atoms with van der Waals surface area (Å²) in [6.07, 6.45) is 0. The minimum absolute atomic E-state index is 0.0678. The van der Waals surface area contributed by atoms with Crippen LogP contribution in [0.2, 0.25) is 0 Å². The Balaban J connectivity index is 2.02. The second kappa shape index (κ2) is 7.04. The fourth-order valence-electron chi connectivity index (χ4n) is 2.27. The zero-order chi connectivity index (χ0) is 14.5. The largest absolute Gasteiger partial charge is 0.494 e. The van der Waals surface area contributed by atoms with Gasteiger partial charge in [-0.3, -0.25) is 9.69 Å². The quantitative estimate of drug-likeness (QED) is 0.783. The predicted octanol–water partition coefficient (Wildman–Crippen LogP) is 1.99. The van der Waals surface area contributed by atoms with Crippen molar-refractivity contribution in [2.24, 2.45) is 0 Å². The molecule has 0 unspecified atom stereocenters. The van der Waals surface area contributed by atoms with Crippen LogP contribution in [0.5, 0.6) is 5.75 Å². The fourth-order valence-corrected chi connectivity index (χ4v) is 2.77. The molecular formula is C14H18BrFN2O2. The molecule has 1 aliphatic heterocycles. The van der Waals surface area contributed by atoms with Crippen LogP contribution in [0.15, 0.2) is 18.2 Å². The standard InChI is InChI=1S/C14H18BrFN2O2/c1-20-13-10-11(2-3-12(13)16)14(19)18-8-6-17(5-4-15)7-9-18/h2-3,10H,4-9H2,1H3. The van der Waals surface area contributed by atoms with E-state index in [2.05, 4.69) is 20.8 Å². The van der Waals surface area contributed by atoms with Gasteiger partial charge < -0.3 is 9.64 Å². The fraction of sp³-hybridized carbons (Fsp3) is 0.500. The van der Waals surface area contributed by atoms with Gasteiger partial charge in [-0.15, -0.1) is 0 Å². The number of ether oxygens (including phenoxy) is 1. The molecule has 1 aliphatic rings. The van der Waals surface area contributed by atoms with Crippen molar-refractivity contribution >= 4 is 21.8 Å². The van der Waals surface area contributed by atoms with Crippen molar-refractivity contribution in [1.29, 1.82) is 0 Å². The Morgan fingerprint density at radius 1 is 1.35 bits per heavy atom. The first-order valence-electron chi connectivity index (χ1n) is 6.57. The van der Waals surface area contributed by atoms with Gasteiger partial charge in [0.2, 0.25) is 0 Å². The van der Waals surface area contributed by atoms with Crippen LogP contribution >= 0.6 is 15.9 Å². The number of rotatable bonds is 4. The van der Waals surface area contributed by atoms with Gasteiger partial charge in [0.05, 0.1) is 7.11 Å². The molecule has 20 heavy (non-hydrogen) atoms. The Kier molecular flexibility index (Phi) is 5.37. The van der Waals surface area contributed by atoms with Crippen molar-refractivity contribution in [2.75, 3.05) is 45.2 Å². The van der Waals surface area contributed by atoms with Crippen LogP contribution < -0.4 is 4.74 Å². The molecule has 0 bridgehead atoms. The van der Waals surface area contributed by atoms with Gasteiger partial charge in [0.15, 0.2) is 11.6 Å². The summed E-state index contributed by atoms with van der Waals surface area (Å²) in [5, 5.41) is 0.941. The summed E-state index contributed by atoms with van der Waals surface area (Å²) < 4.78 is 18.3. The highest BCUT2D eigenvalue weighted by Gasteiger charge is 2.22. The van der Waals surface area contributed by atoms with E-state index in [4.69, 9.17) is 4.74 Å². The first-order valence-corrected chi connectivity index (χ1v) is 7.69. The van der Waals surface area contributed by atoms with E-state index in [0.717, 1.165) is 25.0 Å². The van der Waals surface area contributed by atoms with Gasteiger partial charge in [0.1, 0.15) is 0 Å². The normalized spacial score (nSPS) is 16.2. The number of hydrogen-bond acceptors (Lipinski definition) is 3. The Hall–Kier alpha value is -1.14. The average Bonchev–Trinajstić information content (AvgIpc) is 2.48. The Morgan fingerprint density at radius 3 is 2.65 bits per heavy atom. The third kappa shape index (κ3) is 3.49. The molecule has 2 rings (SSSR count). The lowest BCUT2D eigenvalue weighted by Crippen LogP contribution is -2.49. The highest BCUT2D eigenvalue weighted by atomic mass is 79.9. The van der Waals surface area contributed by atoms with Gasteiger partial charge in [0.25, 0.3) is 5.91 Å². The van der Waals surface area contributed by atoms with Gasteiger partial charge in [-0.25, -0.2) is 4.39 Å². The summed E-state index contributed by atoms with van der Waals surface area (Å²) in [5.41, 5.74) is 0.470. The molecular weight excluding hydrogens is 327 g/mol. The van der Waals surface area contributed by atoms with Gasteiger partial charge in [0, 0.05) is 43.6 Å². The second-order valence-corrected chi connectivity index (χ2v) is 5.47. The zero-order valence-corrected chi connectivity index (χ0v) is 13.0. The summed E-state index contributed by atoms with van der Waals surface area (Å²) in [7, 11) is 1.39. The molecule has 1 saturated heterocycles. The van der Waals surface area contributed by atoms with Gasteiger partial charge >= 0.3 is 0 Å². The zero-order valence-electron chi connectivity index (χ0n) is 11.4. The van der Waals surface area contributed by atoms with Crippen LogP contribution in [-0.4, -0.2) is 60.9 Å². The van der Waals surface area contributed by atoms with E-state index in [1.54, 1.807) is 4.90 Å². The summed E-state index contributed by atoms with van der Waals surface area (Å²) in [6, 6.07) is 4.24.